The number of ether oxygens (including phenoxy) is 2. The summed E-state index contributed by atoms with van der Waals surface area (Å²) in [6, 6.07) is 5.57. The number of rotatable bonds is 6. The Morgan fingerprint density at radius 1 is 1.20 bits per heavy atom. The van der Waals surface area contributed by atoms with Gasteiger partial charge in [0.1, 0.15) is 0 Å². The van der Waals surface area contributed by atoms with Crippen molar-refractivity contribution in [3.63, 3.8) is 0 Å². The van der Waals surface area contributed by atoms with Gasteiger partial charge in [0, 0.05) is 6.42 Å². The van der Waals surface area contributed by atoms with Crippen LogP contribution in [-0.2, 0) is 19.9 Å². The molecule has 0 bridgehead atoms. The van der Waals surface area contributed by atoms with Crippen molar-refractivity contribution in [3.05, 3.63) is 29.6 Å². The standard InChI is InChI=1S/C13H18N4O3/c1-17-15-13(14-16-17)8-10(18)6-9-4-5-11(19-2)12(7-9)20-3/h4-5,7,10,18H,6,8H2,1-3H3. The Bertz CT molecular complexity index is 570. The Kier molecular flexibility index (Phi) is 4.52. The predicted molar refractivity (Wildman–Crippen MR) is 71.8 cm³/mol. The third kappa shape index (κ3) is 3.45. The van der Waals surface area contributed by atoms with Gasteiger partial charge in [-0.1, -0.05) is 6.07 Å². The summed E-state index contributed by atoms with van der Waals surface area (Å²) in [5.41, 5.74) is 0.957. The van der Waals surface area contributed by atoms with Crippen molar-refractivity contribution >= 4 is 0 Å². The zero-order valence-electron chi connectivity index (χ0n) is 11.8. The molecule has 1 atom stereocenters. The van der Waals surface area contributed by atoms with E-state index in [1.165, 1.54) is 4.80 Å². The normalized spacial score (nSPS) is 12.2. The summed E-state index contributed by atoms with van der Waals surface area (Å²) in [5, 5.41) is 21.7. The van der Waals surface area contributed by atoms with Crippen molar-refractivity contribution in [2.45, 2.75) is 18.9 Å². The Balaban J connectivity index is 2.02. The molecule has 7 nitrogen and oxygen atoms in total. The molecule has 0 aliphatic rings. The van der Waals surface area contributed by atoms with E-state index >= 15 is 0 Å². The zero-order chi connectivity index (χ0) is 14.5. The van der Waals surface area contributed by atoms with Gasteiger partial charge in [0.25, 0.3) is 0 Å². The molecular weight excluding hydrogens is 260 g/mol. The maximum absolute atomic E-state index is 10.1. The first-order valence-electron chi connectivity index (χ1n) is 6.24. The lowest BCUT2D eigenvalue weighted by Crippen LogP contribution is -2.15. The number of nitrogens with zero attached hydrogens (tertiary/aromatic N) is 4. The van der Waals surface area contributed by atoms with E-state index in [4.69, 9.17) is 9.47 Å². The van der Waals surface area contributed by atoms with Gasteiger partial charge in [0.15, 0.2) is 17.3 Å². The lowest BCUT2D eigenvalue weighted by molar-refractivity contribution is 0.172. The number of methoxy groups -OCH3 is 2. The lowest BCUT2D eigenvalue weighted by Gasteiger charge is -2.12. The number of aliphatic hydroxyl groups excluding tert-OH is 1. The lowest BCUT2D eigenvalue weighted by atomic mass is 10.0. The second-order valence-electron chi connectivity index (χ2n) is 4.45. The molecule has 0 aliphatic carbocycles. The zero-order valence-corrected chi connectivity index (χ0v) is 11.8. The highest BCUT2D eigenvalue weighted by atomic mass is 16.5. The minimum atomic E-state index is -0.572. The second kappa shape index (κ2) is 6.33. The largest absolute Gasteiger partial charge is 0.493 e. The van der Waals surface area contributed by atoms with Gasteiger partial charge in [-0.25, -0.2) is 0 Å². The van der Waals surface area contributed by atoms with E-state index in [0.717, 1.165) is 5.56 Å². The molecule has 0 saturated heterocycles. The van der Waals surface area contributed by atoms with E-state index in [0.29, 0.717) is 30.2 Å². The fourth-order valence-corrected chi connectivity index (χ4v) is 1.97. The average molecular weight is 278 g/mol. The third-order valence-electron chi connectivity index (χ3n) is 2.89. The molecule has 1 unspecified atom stereocenters. The van der Waals surface area contributed by atoms with Crippen molar-refractivity contribution in [3.8, 4) is 11.5 Å². The van der Waals surface area contributed by atoms with E-state index in [1.54, 1.807) is 21.3 Å². The van der Waals surface area contributed by atoms with Crippen LogP contribution in [0.3, 0.4) is 0 Å². The average Bonchev–Trinajstić information content (AvgIpc) is 2.83. The summed E-state index contributed by atoms with van der Waals surface area (Å²) in [5.74, 6) is 1.84. The van der Waals surface area contributed by atoms with E-state index in [-0.39, 0.29) is 0 Å². The van der Waals surface area contributed by atoms with Gasteiger partial charge in [-0.15, -0.1) is 10.2 Å². The molecule has 2 rings (SSSR count). The molecule has 1 N–H and O–H groups in total. The van der Waals surface area contributed by atoms with Crippen molar-refractivity contribution < 1.29 is 14.6 Å². The molecule has 0 spiro atoms. The maximum Gasteiger partial charge on any atom is 0.177 e. The Morgan fingerprint density at radius 2 is 1.95 bits per heavy atom. The number of aromatic nitrogens is 4. The van der Waals surface area contributed by atoms with Crippen molar-refractivity contribution in [2.24, 2.45) is 7.05 Å². The number of benzene rings is 1. The number of hydrogen-bond acceptors (Lipinski definition) is 6. The minimum absolute atomic E-state index is 0.363. The quantitative estimate of drug-likeness (QED) is 0.822. The van der Waals surface area contributed by atoms with Gasteiger partial charge in [-0.2, -0.15) is 4.80 Å². The molecule has 0 aliphatic heterocycles. The molecule has 1 aromatic heterocycles. The molecular formula is C13H18N4O3. The first-order chi connectivity index (χ1) is 9.62. The van der Waals surface area contributed by atoms with Crippen LogP contribution in [0.5, 0.6) is 11.5 Å². The highest BCUT2D eigenvalue weighted by Gasteiger charge is 2.12. The van der Waals surface area contributed by atoms with Crippen LogP contribution in [0.2, 0.25) is 0 Å². The summed E-state index contributed by atoms with van der Waals surface area (Å²) in [6.45, 7) is 0. The summed E-state index contributed by atoms with van der Waals surface area (Å²) < 4.78 is 10.4. The van der Waals surface area contributed by atoms with Gasteiger partial charge >= 0.3 is 0 Å². The van der Waals surface area contributed by atoms with Crippen LogP contribution >= 0.6 is 0 Å². The van der Waals surface area contributed by atoms with Gasteiger partial charge < -0.3 is 14.6 Å². The Hall–Kier alpha value is -2.15. The molecule has 0 radical (unpaired) electrons. The first kappa shape index (κ1) is 14.3. The van der Waals surface area contributed by atoms with Crippen molar-refractivity contribution in [1.29, 1.82) is 0 Å². The summed E-state index contributed by atoms with van der Waals surface area (Å²) >= 11 is 0. The van der Waals surface area contributed by atoms with Crippen LogP contribution in [0.4, 0.5) is 0 Å². The van der Waals surface area contributed by atoms with Crippen LogP contribution in [-0.4, -0.2) is 45.6 Å². The summed E-state index contributed by atoms with van der Waals surface area (Å²) in [4.78, 5) is 1.37. The monoisotopic (exact) mass is 278 g/mol. The number of aryl methyl sites for hydroxylation is 1. The molecule has 0 fully saturated rings. The van der Waals surface area contributed by atoms with Crippen molar-refractivity contribution in [1.82, 2.24) is 20.2 Å². The Morgan fingerprint density at radius 3 is 2.55 bits per heavy atom. The van der Waals surface area contributed by atoms with Crippen LogP contribution < -0.4 is 9.47 Å². The second-order valence-corrected chi connectivity index (χ2v) is 4.45. The molecule has 0 saturated carbocycles. The highest BCUT2D eigenvalue weighted by Crippen LogP contribution is 2.28. The van der Waals surface area contributed by atoms with E-state index in [9.17, 15) is 5.11 Å². The molecule has 7 heteroatoms. The first-order valence-corrected chi connectivity index (χ1v) is 6.24. The van der Waals surface area contributed by atoms with Crippen molar-refractivity contribution in [2.75, 3.05) is 14.2 Å². The topological polar surface area (TPSA) is 82.3 Å². The molecule has 1 aromatic carbocycles. The third-order valence-corrected chi connectivity index (χ3v) is 2.89. The fourth-order valence-electron chi connectivity index (χ4n) is 1.97. The maximum atomic E-state index is 10.1. The highest BCUT2D eigenvalue weighted by molar-refractivity contribution is 5.43. The van der Waals surface area contributed by atoms with Gasteiger partial charge in [-0.3, -0.25) is 0 Å². The smallest absolute Gasteiger partial charge is 0.177 e. The molecule has 20 heavy (non-hydrogen) atoms. The summed E-state index contributed by atoms with van der Waals surface area (Å²) in [6.07, 6.45) is 0.276. The molecule has 108 valence electrons. The number of hydrogen-bond donors (Lipinski definition) is 1. The van der Waals surface area contributed by atoms with Gasteiger partial charge in [-0.05, 0) is 29.3 Å². The molecule has 2 aromatic rings. The van der Waals surface area contributed by atoms with Crippen LogP contribution in [0.25, 0.3) is 0 Å². The van der Waals surface area contributed by atoms with E-state index in [1.807, 2.05) is 18.2 Å². The van der Waals surface area contributed by atoms with Gasteiger partial charge in [0.05, 0.1) is 27.4 Å². The summed E-state index contributed by atoms with van der Waals surface area (Å²) in [7, 11) is 4.87. The fraction of sp³-hybridized carbons (Fsp3) is 0.462. The molecule has 1 heterocycles. The van der Waals surface area contributed by atoms with Crippen LogP contribution in [0.15, 0.2) is 18.2 Å². The van der Waals surface area contributed by atoms with Gasteiger partial charge in [0.2, 0.25) is 0 Å². The minimum Gasteiger partial charge on any atom is -0.493 e. The molecule has 0 amide bonds. The van der Waals surface area contributed by atoms with Crippen LogP contribution in [0, 0.1) is 0 Å². The SMILES string of the molecule is COc1ccc(CC(O)Cc2nnn(C)n2)cc1OC. The predicted octanol–water partition coefficient (Wildman–Crippen LogP) is 0.373. The van der Waals surface area contributed by atoms with Crippen LogP contribution in [0.1, 0.15) is 11.4 Å². The number of aliphatic hydroxyl groups is 1. The van der Waals surface area contributed by atoms with E-state index < -0.39 is 6.10 Å². The number of tetrazole rings is 1. The Labute approximate surface area is 117 Å². The van der Waals surface area contributed by atoms with E-state index in [2.05, 4.69) is 15.4 Å².